The minimum Gasteiger partial charge on any atom is -0.488 e. The van der Waals surface area contributed by atoms with Gasteiger partial charge >= 0.3 is 0 Å². The molecule has 0 atom stereocenters. The number of halogens is 1. The third-order valence-electron chi connectivity index (χ3n) is 3.77. The normalized spacial score (nSPS) is 10.7. The molecule has 0 aliphatic rings. The highest BCUT2D eigenvalue weighted by Gasteiger charge is 2.13. The smallest absolute Gasteiger partial charge is 0.270 e. The van der Waals surface area contributed by atoms with Crippen molar-refractivity contribution in [2.75, 3.05) is 6.26 Å². The number of pyridine rings is 1. The lowest BCUT2D eigenvalue weighted by Crippen LogP contribution is -2.01. The van der Waals surface area contributed by atoms with Gasteiger partial charge in [-0.1, -0.05) is 17.7 Å². The Kier molecular flexibility index (Phi) is 5.39. The van der Waals surface area contributed by atoms with Crippen LogP contribution in [0.5, 0.6) is 5.75 Å². The summed E-state index contributed by atoms with van der Waals surface area (Å²) >= 11 is 7.87. The number of ether oxygens (including phenoxy) is 1. The van der Waals surface area contributed by atoms with Crippen LogP contribution < -0.4 is 4.74 Å². The summed E-state index contributed by atoms with van der Waals surface area (Å²) in [6.07, 6.45) is 2.51. The predicted octanol–water partition coefficient (Wildman–Crippen LogP) is 4.91. The topological polar surface area (TPSA) is 82.3 Å². The molecule has 0 fully saturated rings. The maximum absolute atomic E-state index is 11.2. The second-order valence-electron chi connectivity index (χ2n) is 5.38. The average molecular weight is 389 g/mol. The van der Waals surface area contributed by atoms with Crippen molar-refractivity contribution < 1.29 is 14.5 Å². The van der Waals surface area contributed by atoms with Crippen LogP contribution >= 0.6 is 23.4 Å². The number of non-ortho nitro benzene ring substituents is 1. The first-order chi connectivity index (χ1) is 12.5. The molecule has 0 spiro atoms. The molecule has 0 aliphatic heterocycles. The quantitative estimate of drug-likeness (QED) is 0.196. The van der Waals surface area contributed by atoms with E-state index in [0.29, 0.717) is 17.0 Å². The molecule has 8 heteroatoms. The van der Waals surface area contributed by atoms with E-state index in [2.05, 4.69) is 4.98 Å². The van der Waals surface area contributed by atoms with E-state index in [0.717, 1.165) is 15.8 Å². The van der Waals surface area contributed by atoms with Gasteiger partial charge in [0.05, 0.1) is 16.0 Å². The van der Waals surface area contributed by atoms with Crippen LogP contribution in [0.1, 0.15) is 15.9 Å². The summed E-state index contributed by atoms with van der Waals surface area (Å²) in [5.41, 5.74) is 1.38. The SMILES string of the molecule is CSc1ccc2cc(COc3ccc([N+](=O)[O-])cc3C=O)c(Cl)nc2c1. The lowest BCUT2D eigenvalue weighted by Gasteiger charge is -2.10. The number of carbonyl (C=O) groups excluding carboxylic acids is 1. The van der Waals surface area contributed by atoms with E-state index in [9.17, 15) is 14.9 Å². The van der Waals surface area contributed by atoms with Crippen LogP contribution in [0.25, 0.3) is 10.9 Å². The summed E-state index contributed by atoms with van der Waals surface area (Å²) in [4.78, 5) is 26.9. The van der Waals surface area contributed by atoms with Gasteiger partial charge in [-0.25, -0.2) is 4.98 Å². The molecule has 0 aliphatic carbocycles. The highest BCUT2D eigenvalue weighted by atomic mass is 35.5. The molecule has 0 N–H and O–H groups in total. The second kappa shape index (κ2) is 7.72. The fraction of sp³-hybridized carbons (Fsp3) is 0.111. The Balaban J connectivity index is 1.86. The largest absolute Gasteiger partial charge is 0.488 e. The molecular formula is C18H13ClN2O4S. The summed E-state index contributed by atoms with van der Waals surface area (Å²) in [6, 6.07) is 11.6. The number of hydrogen-bond donors (Lipinski definition) is 0. The van der Waals surface area contributed by atoms with Crippen molar-refractivity contribution in [2.24, 2.45) is 0 Å². The minimum atomic E-state index is -0.566. The Morgan fingerprint density at radius 3 is 2.77 bits per heavy atom. The molecule has 1 heterocycles. The summed E-state index contributed by atoms with van der Waals surface area (Å²) in [7, 11) is 0. The highest BCUT2D eigenvalue weighted by Crippen LogP contribution is 2.27. The number of thioether (sulfide) groups is 1. The number of fused-ring (bicyclic) bond motifs is 1. The third-order valence-corrected chi connectivity index (χ3v) is 4.82. The molecule has 6 nitrogen and oxygen atoms in total. The molecular weight excluding hydrogens is 376 g/mol. The number of aldehydes is 1. The van der Waals surface area contributed by atoms with Crippen LogP contribution in [0.3, 0.4) is 0 Å². The van der Waals surface area contributed by atoms with Gasteiger partial charge in [0.2, 0.25) is 0 Å². The van der Waals surface area contributed by atoms with E-state index in [1.165, 1.54) is 18.2 Å². The van der Waals surface area contributed by atoms with E-state index in [4.69, 9.17) is 16.3 Å². The van der Waals surface area contributed by atoms with Gasteiger partial charge in [-0.3, -0.25) is 14.9 Å². The first-order valence-corrected chi connectivity index (χ1v) is 9.11. The molecule has 3 rings (SSSR count). The first-order valence-electron chi connectivity index (χ1n) is 7.51. The Labute approximate surface area is 158 Å². The number of nitrogens with zero attached hydrogens (tertiary/aromatic N) is 2. The number of rotatable bonds is 6. The summed E-state index contributed by atoms with van der Waals surface area (Å²) in [5.74, 6) is 0.250. The van der Waals surface area contributed by atoms with Crippen LogP contribution in [-0.2, 0) is 6.61 Å². The zero-order valence-electron chi connectivity index (χ0n) is 13.6. The van der Waals surface area contributed by atoms with E-state index >= 15 is 0 Å². The van der Waals surface area contributed by atoms with Crippen LogP contribution in [0.4, 0.5) is 5.69 Å². The van der Waals surface area contributed by atoms with Crippen LogP contribution in [-0.4, -0.2) is 22.4 Å². The van der Waals surface area contributed by atoms with Gasteiger partial charge < -0.3 is 4.74 Å². The lowest BCUT2D eigenvalue weighted by atomic mass is 10.1. The van der Waals surface area contributed by atoms with Crippen molar-refractivity contribution in [1.82, 2.24) is 4.98 Å². The van der Waals surface area contributed by atoms with Gasteiger partial charge in [-0.05, 0) is 30.5 Å². The summed E-state index contributed by atoms with van der Waals surface area (Å²) in [5, 5.41) is 12.0. The molecule has 3 aromatic rings. The molecule has 0 bridgehead atoms. The van der Waals surface area contributed by atoms with Crippen LogP contribution in [0.15, 0.2) is 47.4 Å². The molecule has 2 aromatic carbocycles. The van der Waals surface area contributed by atoms with Crippen molar-refractivity contribution in [3.8, 4) is 5.75 Å². The second-order valence-corrected chi connectivity index (χ2v) is 6.62. The van der Waals surface area contributed by atoms with Crippen molar-refractivity contribution in [3.63, 3.8) is 0 Å². The van der Waals surface area contributed by atoms with Crippen molar-refractivity contribution in [2.45, 2.75) is 11.5 Å². The zero-order chi connectivity index (χ0) is 18.7. The van der Waals surface area contributed by atoms with Crippen molar-refractivity contribution in [1.29, 1.82) is 0 Å². The van der Waals surface area contributed by atoms with E-state index in [1.54, 1.807) is 11.8 Å². The zero-order valence-corrected chi connectivity index (χ0v) is 15.2. The third kappa shape index (κ3) is 3.79. The average Bonchev–Trinajstić information content (AvgIpc) is 2.65. The lowest BCUT2D eigenvalue weighted by molar-refractivity contribution is -0.384. The molecule has 0 saturated heterocycles. The number of carbonyl (C=O) groups is 1. The van der Waals surface area contributed by atoms with Gasteiger partial charge in [0.25, 0.3) is 5.69 Å². The Bertz CT molecular complexity index is 1010. The van der Waals surface area contributed by atoms with Gasteiger partial charge in [-0.15, -0.1) is 11.8 Å². The first kappa shape index (κ1) is 18.2. The Hall–Kier alpha value is -2.64. The monoisotopic (exact) mass is 388 g/mol. The maximum atomic E-state index is 11.2. The summed E-state index contributed by atoms with van der Waals surface area (Å²) < 4.78 is 5.64. The molecule has 0 unspecified atom stereocenters. The number of nitro benzene ring substituents is 1. The number of nitro groups is 1. The Morgan fingerprint density at radius 2 is 2.08 bits per heavy atom. The van der Waals surface area contributed by atoms with Gasteiger partial charge in [0.15, 0.2) is 6.29 Å². The van der Waals surface area contributed by atoms with E-state index in [-0.39, 0.29) is 23.6 Å². The van der Waals surface area contributed by atoms with Gasteiger partial charge in [0.1, 0.15) is 17.5 Å². The predicted molar refractivity (Wildman–Crippen MR) is 101 cm³/mol. The van der Waals surface area contributed by atoms with E-state index < -0.39 is 4.92 Å². The number of hydrogen-bond acceptors (Lipinski definition) is 6. The summed E-state index contributed by atoms with van der Waals surface area (Å²) in [6.45, 7) is 0.0880. The molecule has 0 amide bonds. The molecule has 0 saturated carbocycles. The van der Waals surface area contributed by atoms with Gasteiger partial charge in [-0.2, -0.15) is 0 Å². The maximum Gasteiger partial charge on any atom is 0.270 e. The molecule has 132 valence electrons. The number of aromatic nitrogens is 1. The van der Waals surface area contributed by atoms with Crippen molar-refractivity contribution >= 4 is 46.2 Å². The Morgan fingerprint density at radius 1 is 1.27 bits per heavy atom. The molecule has 1 aromatic heterocycles. The minimum absolute atomic E-state index is 0.0880. The molecule has 0 radical (unpaired) electrons. The molecule has 26 heavy (non-hydrogen) atoms. The number of benzene rings is 2. The van der Waals surface area contributed by atoms with Crippen LogP contribution in [0.2, 0.25) is 5.15 Å². The fourth-order valence-electron chi connectivity index (χ4n) is 2.42. The fourth-order valence-corrected chi connectivity index (χ4v) is 3.06. The van der Waals surface area contributed by atoms with E-state index in [1.807, 2.05) is 30.5 Å². The standard InChI is InChI=1S/C18H13ClN2O4S/c1-26-15-4-2-11-6-13(18(19)20-16(11)8-15)10-25-17-5-3-14(21(23)24)7-12(17)9-22/h2-9H,10H2,1H3. The van der Waals surface area contributed by atoms with Gasteiger partial charge in [0, 0.05) is 28.0 Å². The highest BCUT2D eigenvalue weighted by molar-refractivity contribution is 7.98. The van der Waals surface area contributed by atoms with Crippen LogP contribution in [0, 0.1) is 10.1 Å². The van der Waals surface area contributed by atoms with Crippen molar-refractivity contribution in [3.05, 3.63) is 68.9 Å².